The minimum atomic E-state index is -0.770. The Morgan fingerprint density at radius 3 is 2.65 bits per heavy atom. The summed E-state index contributed by atoms with van der Waals surface area (Å²) in [5.41, 5.74) is -0.0145. The highest BCUT2D eigenvalue weighted by atomic mass is 35.5. The SMILES string of the molecule is C[C@@H](Oc1ccc2c(=O)c(Oc3ccccc3Cl)coc2c1)C(=O)OC1CCCCC1. The highest BCUT2D eigenvalue weighted by Crippen LogP contribution is 2.29. The van der Waals surface area contributed by atoms with E-state index in [0.29, 0.717) is 27.5 Å². The van der Waals surface area contributed by atoms with Crippen molar-refractivity contribution in [3.63, 3.8) is 0 Å². The molecule has 31 heavy (non-hydrogen) atoms. The average Bonchev–Trinajstić information content (AvgIpc) is 2.78. The molecule has 1 aliphatic rings. The van der Waals surface area contributed by atoms with Gasteiger partial charge in [0.05, 0.1) is 10.4 Å². The van der Waals surface area contributed by atoms with Crippen LogP contribution in [0.1, 0.15) is 39.0 Å². The van der Waals surface area contributed by atoms with Gasteiger partial charge in [0.25, 0.3) is 0 Å². The van der Waals surface area contributed by atoms with Crippen molar-refractivity contribution in [2.45, 2.75) is 51.2 Å². The molecule has 1 saturated carbocycles. The van der Waals surface area contributed by atoms with Crippen LogP contribution in [0.3, 0.4) is 0 Å². The lowest BCUT2D eigenvalue weighted by atomic mass is 9.98. The summed E-state index contributed by atoms with van der Waals surface area (Å²) in [4.78, 5) is 25.1. The predicted octanol–water partition coefficient (Wildman–Crippen LogP) is 5.88. The van der Waals surface area contributed by atoms with Gasteiger partial charge in [0.1, 0.15) is 29.4 Å². The van der Waals surface area contributed by atoms with Gasteiger partial charge in [0, 0.05) is 6.07 Å². The monoisotopic (exact) mass is 442 g/mol. The van der Waals surface area contributed by atoms with Crippen LogP contribution in [0.15, 0.2) is 57.9 Å². The highest BCUT2D eigenvalue weighted by molar-refractivity contribution is 6.32. The van der Waals surface area contributed by atoms with Crippen molar-refractivity contribution in [3.05, 3.63) is 64.0 Å². The van der Waals surface area contributed by atoms with Gasteiger partial charge in [0.15, 0.2) is 6.10 Å². The lowest BCUT2D eigenvalue weighted by molar-refractivity contribution is -0.158. The van der Waals surface area contributed by atoms with Crippen molar-refractivity contribution >= 4 is 28.5 Å². The zero-order valence-corrected chi connectivity index (χ0v) is 17.9. The van der Waals surface area contributed by atoms with Crippen LogP contribution in [0.25, 0.3) is 11.0 Å². The van der Waals surface area contributed by atoms with E-state index in [-0.39, 0.29) is 17.3 Å². The standard InChI is InChI=1S/C24H23ClO6/c1-15(24(27)30-16-7-3-2-4-8-16)29-17-11-12-18-21(13-17)28-14-22(23(18)26)31-20-10-6-5-9-19(20)25/h5-6,9-16H,2-4,7-8H2,1H3/t15-/m1/s1. The number of carbonyl (C=O) groups is 1. The minimum Gasteiger partial charge on any atom is -0.479 e. The van der Waals surface area contributed by atoms with Gasteiger partial charge in [-0.2, -0.15) is 0 Å². The fourth-order valence-electron chi connectivity index (χ4n) is 3.58. The second-order valence-corrected chi connectivity index (χ2v) is 7.98. The predicted molar refractivity (Wildman–Crippen MR) is 117 cm³/mol. The fourth-order valence-corrected chi connectivity index (χ4v) is 3.75. The number of halogens is 1. The van der Waals surface area contributed by atoms with Crippen LogP contribution < -0.4 is 14.9 Å². The topological polar surface area (TPSA) is 75.0 Å². The molecule has 3 aromatic rings. The van der Waals surface area contributed by atoms with E-state index in [4.69, 9.17) is 30.2 Å². The molecule has 1 atom stereocenters. The van der Waals surface area contributed by atoms with Crippen LogP contribution in [0.4, 0.5) is 0 Å². The lowest BCUT2D eigenvalue weighted by Crippen LogP contribution is -2.31. The maximum atomic E-state index is 12.8. The number of hydrogen-bond acceptors (Lipinski definition) is 6. The number of benzene rings is 2. The maximum absolute atomic E-state index is 12.8. The van der Waals surface area contributed by atoms with Gasteiger partial charge in [-0.1, -0.05) is 30.2 Å². The molecule has 0 unspecified atom stereocenters. The quantitative estimate of drug-likeness (QED) is 0.443. The molecule has 1 aromatic heterocycles. The van der Waals surface area contributed by atoms with Crippen molar-refractivity contribution in [1.82, 2.24) is 0 Å². The molecule has 2 aromatic carbocycles. The van der Waals surface area contributed by atoms with E-state index in [0.717, 1.165) is 25.7 Å². The third-order valence-corrected chi connectivity index (χ3v) is 5.56. The number of rotatable bonds is 6. The van der Waals surface area contributed by atoms with Crippen LogP contribution in [-0.4, -0.2) is 18.2 Å². The second-order valence-electron chi connectivity index (χ2n) is 7.58. The molecule has 1 heterocycles. The third kappa shape index (κ3) is 5.02. The number of ether oxygens (including phenoxy) is 3. The van der Waals surface area contributed by atoms with E-state index < -0.39 is 12.1 Å². The van der Waals surface area contributed by atoms with Crippen LogP contribution in [0.5, 0.6) is 17.2 Å². The van der Waals surface area contributed by atoms with Crippen molar-refractivity contribution in [2.75, 3.05) is 0 Å². The molecule has 7 heteroatoms. The van der Waals surface area contributed by atoms with E-state index >= 15 is 0 Å². The molecular formula is C24H23ClO6. The summed E-state index contributed by atoms with van der Waals surface area (Å²) >= 11 is 6.09. The Labute approximate surface area is 184 Å². The maximum Gasteiger partial charge on any atom is 0.347 e. The highest BCUT2D eigenvalue weighted by Gasteiger charge is 2.23. The number of hydrogen-bond donors (Lipinski definition) is 0. The molecular weight excluding hydrogens is 420 g/mol. The summed E-state index contributed by atoms with van der Waals surface area (Å²) in [6, 6.07) is 11.6. The minimum absolute atomic E-state index is 0.0266. The van der Waals surface area contributed by atoms with Gasteiger partial charge in [-0.15, -0.1) is 0 Å². The van der Waals surface area contributed by atoms with E-state index in [1.807, 2.05) is 0 Å². The smallest absolute Gasteiger partial charge is 0.347 e. The number of esters is 1. The largest absolute Gasteiger partial charge is 0.479 e. The Hall–Kier alpha value is -2.99. The van der Waals surface area contributed by atoms with Crippen molar-refractivity contribution < 1.29 is 23.4 Å². The fraction of sp³-hybridized carbons (Fsp3) is 0.333. The Morgan fingerprint density at radius 1 is 1.10 bits per heavy atom. The summed E-state index contributed by atoms with van der Waals surface area (Å²) in [6.07, 6.45) is 5.59. The van der Waals surface area contributed by atoms with Gasteiger partial charge in [0.2, 0.25) is 11.2 Å². The first kappa shape index (κ1) is 21.2. The molecule has 162 valence electrons. The zero-order chi connectivity index (χ0) is 21.8. The van der Waals surface area contributed by atoms with E-state index in [1.165, 1.54) is 12.7 Å². The summed E-state index contributed by atoms with van der Waals surface area (Å²) in [7, 11) is 0. The van der Waals surface area contributed by atoms with Crippen LogP contribution in [0.2, 0.25) is 5.02 Å². The summed E-state index contributed by atoms with van der Waals surface area (Å²) < 4.78 is 22.5. The number of carbonyl (C=O) groups excluding carboxylic acids is 1. The molecule has 0 aliphatic heterocycles. The Balaban J connectivity index is 1.47. The second kappa shape index (κ2) is 9.43. The molecule has 0 saturated heterocycles. The molecule has 0 radical (unpaired) electrons. The van der Waals surface area contributed by atoms with Crippen LogP contribution in [0, 0.1) is 0 Å². The first-order valence-corrected chi connectivity index (χ1v) is 10.7. The van der Waals surface area contributed by atoms with E-state index in [2.05, 4.69) is 0 Å². The van der Waals surface area contributed by atoms with E-state index in [1.54, 1.807) is 49.4 Å². The summed E-state index contributed by atoms with van der Waals surface area (Å²) in [5.74, 6) is 0.403. The molecule has 0 spiro atoms. The van der Waals surface area contributed by atoms with Gasteiger partial charge >= 0.3 is 5.97 Å². The third-order valence-electron chi connectivity index (χ3n) is 5.25. The normalized spacial score (nSPS) is 15.4. The molecule has 1 fully saturated rings. The van der Waals surface area contributed by atoms with Crippen LogP contribution >= 0.6 is 11.6 Å². The lowest BCUT2D eigenvalue weighted by Gasteiger charge is -2.23. The van der Waals surface area contributed by atoms with Gasteiger partial charge < -0.3 is 18.6 Å². The van der Waals surface area contributed by atoms with Crippen molar-refractivity contribution in [3.8, 4) is 17.2 Å². The first-order chi connectivity index (χ1) is 15.0. The molecule has 0 bridgehead atoms. The Morgan fingerprint density at radius 2 is 1.87 bits per heavy atom. The van der Waals surface area contributed by atoms with Gasteiger partial charge in [-0.05, 0) is 56.9 Å². The number of para-hydroxylation sites is 1. The summed E-state index contributed by atoms with van der Waals surface area (Å²) in [6.45, 7) is 1.64. The van der Waals surface area contributed by atoms with Crippen molar-refractivity contribution in [1.29, 1.82) is 0 Å². The Bertz CT molecular complexity index is 1130. The molecule has 4 rings (SSSR count). The molecule has 6 nitrogen and oxygen atoms in total. The Kier molecular flexibility index (Phi) is 6.47. The first-order valence-electron chi connectivity index (χ1n) is 10.4. The average molecular weight is 443 g/mol. The molecule has 1 aliphatic carbocycles. The summed E-state index contributed by atoms with van der Waals surface area (Å²) in [5, 5.41) is 0.717. The van der Waals surface area contributed by atoms with Gasteiger partial charge in [-0.25, -0.2) is 4.79 Å². The van der Waals surface area contributed by atoms with Crippen LogP contribution in [-0.2, 0) is 9.53 Å². The molecule has 0 amide bonds. The zero-order valence-electron chi connectivity index (χ0n) is 17.1. The van der Waals surface area contributed by atoms with E-state index in [9.17, 15) is 9.59 Å². The van der Waals surface area contributed by atoms with Crippen molar-refractivity contribution in [2.24, 2.45) is 0 Å². The molecule has 0 N–H and O–H groups in total. The van der Waals surface area contributed by atoms with Gasteiger partial charge in [-0.3, -0.25) is 4.79 Å². The number of fused-ring (bicyclic) bond motifs is 1.